The number of fused-ring (bicyclic) bond motifs is 1. The number of aryl methyl sites for hydroxylation is 3. The zero-order valence-electron chi connectivity index (χ0n) is 22.8. The molecule has 4 aromatic rings. The van der Waals surface area contributed by atoms with E-state index in [-0.39, 0.29) is 18.1 Å². The number of urea groups is 1. The molecule has 0 fully saturated rings. The van der Waals surface area contributed by atoms with Crippen molar-refractivity contribution in [2.24, 2.45) is 0 Å². The first-order valence-corrected chi connectivity index (χ1v) is 12.8. The van der Waals surface area contributed by atoms with Crippen molar-refractivity contribution in [2.75, 3.05) is 20.9 Å². The lowest BCUT2D eigenvalue weighted by atomic mass is 10.1. The number of halogens is 3. The number of nitrogens with one attached hydrogen (secondary N) is 3. The van der Waals surface area contributed by atoms with Gasteiger partial charge in [-0.25, -0.2) is 9.78 Å². The highest BCUT2D eigenvalue weighted by atomic mass is 19.4. The number of alkyl halides is 3. The number of hydrogen-bond acceptors (Lipinski definition) is 5. The van der Waals surface area contributed by atoms with E-state index < -0.39 is 17.6 Å². The molecule has 0 aliphatic carbocycles. The molecule has 0 spiro atoms. The van der Waals surface area contributed by atoms with E-state index in [0.29, 0.717) is 22.9 Å². The van der Waals surface area contributed by atoms with E-state index in [1.807, 2.05) is 33.8 Å². The minimum atomic E-state index is -4.56. The molecule has 0 saturated heterocycles. The molecule has 41 heavy (non-hydrogen) atoms. The molecule has 2 aromatic carbocycles. The second-order valence-electron chi connectivity index (χ2n) is 9.95. The van der Waals surface area contributed by atoms with Crippen LogP contribution >= 0.6 is 0 Å². The molecule has 1 aliphatic heterocycles. The first-order valence-electron chi connectivity index (χ1n) is 12.8. The van der Waals surface area contributed by atoms with Crippen LogP contribution in [0.25, 0.3) is 0 Å². The van der Waals surface area contributed by atoms with Gasteiger partial charge in [0.25, 0.3) is 5.91 Å². The molecule has 8 nitrogen and oxygen atoms in total. The van der Waals surface area contributed by atoms with E-state index in [0.717, 1.165) is 45.8 Å². The van der Waals surface area contributed by atoms with Crippen LogP contribution in [0.3, 0.4) is 0 Å². The van der Waals surface area contributed by atoms with E-state index in [9.17, 15) is 22.8 Å². The fourth-order valence-corrected chi connectivity index (χ4v) is 4.67. The Morgan fingerprint density at radius 1 is 0.976 bits per heavy atom. The lowest BCUT2D eigenvalue weighted by molar-refractivity contribution is -0.137. The fourth-order valence-electron chi connectivity index (χ4n) is 4.67. The van der Waals surface area contributed by atoms with Gasteiger partial charge in [0.15, 0.2) is 0 Å². The SMILES string of the molecule is Cc1cc(C)c(Nc2ncc3c(c2C)NC(=O)N(c2cc(NC(=O)c4cccc(C(F)(F)F)c4)ccc2C)C3)cn1. The van der Waals surface area contributed by atoms with Crippen molar-refractivity contribution in [3.05, 3.63) is 100.0 Å². The normalized spacial score (nSPS) is 13.0. The molecular formula is C30H27F3N6O2. The molecule has 0 radical (unpaired) electrons. The minimum Gasteiger partial charge on any atom is -0.338 e. The van der Waals surface area contributed by atoms with Gasteiger partial charge in [-0.05, 0) is 75.2 Å². The smallest absolute Gasteiger partial charge is 0.338 e. The number of carbonyl (C=O) groups is 2. The molecule has 210 valence electrons. The first kappa shape index (κ1) is 27.6. The number of pyridine rings is 2. The highest BCUT2D eigenvalue weighted by Crippen LogP contribution is 2.36. The van der Waals surface area contributed by atoms with Gasteiger partial charge >= 0.3 is 12.2 Å². The second kappa shape index (κ2) is 10.6. The maximum atomic E-state index is 13.3. The van der Waals surface area contributed by atoms with Crippen LogP contribution in [0.4, 0.5) is 46.5 Å². The van der Waals surface area contributed by atoms with Crippen molar-refractivity contribution in [3.8, 4) is 0 Å². The van der Waals surface area contributed by atoms with Crippen molar-refractivity contribution in [2.45, 2.75) is 40.4 Å². The van der Waals surface area contributed by atoms with Gasteiger partial charge in [0.1, 0.15) is 5.82 Å². The summed E-state index contributed by atoms with van der Waals surface area (Å²) in [6.45, 7) is 7.82. The van der Waals surface area contributed by atoms with Crippen molar-refractivity contribution in [1.29, 1.82) is 0 Å². The average molecular weight is 561 g/mol. The van der Waals surface area contributed by atoms with Crippen molar-refractivity contribution in [3.63, 3.8) is 0 Å². The lowest BCUT2D eigenvalue weighted by Gasteiger charge is -2.32. The van der Waals surface area contributed by atoms with Crippen molar-refractivity contribution < 1.29 is 22.8 Å². The Hall–Kier alpha value is -4.93. The fraction of sp³-hybridized carbons (Fsp3) is 0.200. The van der Waals surface area contributed by atoms with Crippen LogP contribution in [0.2, 0.25) is 0 Å². The molecule has 11 heteroatoms. The standard InChI is InChI=1S/C30H27F3N6O2/c1-16-8-9-23(36-28(40)20-6-5-7-22(11-20)30(31,32)33)12-25(16)39-15-21-13-35-27(19(4)26(21)38-29(39)41)37-24-14-34-18(3)10-17(24)2/h5-14H,15H2,1-4H3,(H,35,37)(H,36,40)(H,38,41). The maximum Gasteiger partial charge on any atom is 0.416 e. The Balaban J connectivity index is 1.38. The molecule has 0 bridgehead atoms. The molecule has 1 aliphatic rings. The Morgan fingerprint density at radius 3 is 2.49 bits per heavy atom. The third-order valence-electron chi connectivity index (χ3n) is 6.92. The monoisotopic (exact) mass is 560 g/mol. The van der Waals surface area contributed by atoms with Gasteiger partial charge in [0.05, 0.1) is 35.4 Å². The van der Waals surface area contributed by atoms with Gasteiger partial charge in [-0.1, -0.05) is 12.1 Å². The van der Waals surface area contributed by atoms with Gasteiger partial charge in [0.2, 0.25) is 0 Å². The van der Waals surface area contributed by atoms with Crippen LogP contribution in [-0.2, 0) is 12.7 Å². The van der Waals surface area contributed by atoms with Crippen LogP contribution < -0.4 is 20.9 Å². The molecule has 0 atom stereocenters. The molecule has 5 rings (SSSR count). The lowest BCUT2D eigenvalue weighted by Crippen LogP contribution is -2.39. The number of hydrogen-bond donors (Lipinski definition) is 3. The van der Waals surface area contributed by atoms with Gasteiger partial charge in [0, 0.05) is 34.3 Å². The van der Waals surface area contributed by atoms with Crippen molar-refractivity contribution >= 4 is 40.5 Å². The summed E-state index contributed by atoms with van der Waals surface area (Å²) in [5.74, 6) is -0.0973. The topological polar surface area (TPSA) is 99.3 Å². The number of nitrogens with zero attached hydrogens (tertiary/aromatic N) is 3. The number of carbonyl (C=O) groups excluding carboxylic acids is 2. The highest BCUT2D eigenvalue weighted by molar-refractivity contribution is 6.07. The summed E-state index contributed by atoms with van der Waals surface area (Å²) in [5, 5.41) is 8.89. The quantitative estimate of drug-likeness (QED) is 0.238. The summed E-state index contributed by atoms with van der Waals surface area (Å²) < 4.78 is 39.3. The third-order valence-corrected chi connectivity index (χ3v) is 6.92. The van der Waals surface area contributed by atoms with Crippen molar-refractivity contribution in [1.82, 2.24) is 9.97 Å². The van der Waals surface area contributed by atoms with Gasteiger partial charge < -0.3 is 16.0 Å². The van der Waals surface area contributed by atoms with E-state index in [1.165, 1.54) is 17.0 Å². The molecular weight excluding hydrogens is 533 g/mol. The van der Waals surface area contributed by atoms with E-state index >= 15 is 0 Å². The first-order chi connectivity index (χ1) is 19.4. The van der Waals surface area contributed by atoms with Crippen LogP contribution in [0, 0.1) is 27.7 Å². The predicted octanol–water partition coefficient (Wildman–Crippen LogP) is 7.28. The Kier molecular flexibility index (Phi) is 7.12. The summed E-state index contributed by atoms with van der Waals surface area (Å²) >= 11 is 0. The minimum absolute atomic E-state index is 0.130. The number of rotatable bonds is 5. The average Bonchev–Trinajstić information content (AvgIpc) is 2.92. The van der Waals surface area contributed by atoms with E-state index in [1.54, 1.807) is 30.6 Å². The number of anilines is 5. The Labute approximate surface area is 234 Å². The Bertz CT molecular complexity index is 1690. The Morgan fingerprint density at radius 2 is 1.76 bits per heavy atom. The van der Waals surface area contributed by atoms with E-state index in [4.69, 9.17) is 0 Å². The van der Waals surface area contributed by atoms with Gasteiger partial charge in [-0.3, -0.25) is 14.7 Å². The zero-order valence-corrected chi connectivity index (χ0v) is 22.8. The maximum absolute atomic E-state index is 13.3. The van der Waals surface area contributed by atoms with Crippen LogP contribution in [0.1, 0.15) is 43.9 Å². The summed E-state index contributed by atoms with van der Waals surface area (Å²) in [6, 6.07) is 10.8. The second-order valence-corrected chi connectivity index (χ2v) is 9.95. The summed E-state index contributed by atoms with van der Waals surface area (Å²) in [6.07, 6.45) is -1.12. The largest absolute Gasteiger partial charge is 0.416 e. The van der Waals surface area contributed by atoms with Crippen LogP contribution in [0.5, 0.6) is 0 Å². The highest BCUT2D eigenvalue weighted by Gasteiger charge is 2.31. The van der Waals surface area contributed by atoms with Crippen LogP contribution in [0.15, 0.2) is 60.9 Å². The van der Waals surface area contributed by atoms with Crippen LogP contribution in [-0.4, -0.2) is 21.9 Å². The molecule has 3 amide bonds. The molecule has 0 saturated carbocycles. The molecule has 3 N–H and O–H groups in total. The van der Waals surface area contributed by atoms with E-state index in [2.05, 4.69) is 25.9 Å². The summed E-state index contributed by atoms with van der Waals surface area (Å²) in [7, 11) is 0. The molecule has 3 heterocycles. The number of aromatic nitrogens is 2. The summed E-state index contributed by atoms with van der Waals surface area (Å²) in [4.78, 5) is 36.5. The number of amides is 3. The number of benzene rings is 2. The van der Waals surface area contributed by atoms with Gasteiger partial charge in [-0.2, -0.15) is 13.2 Å². The third kappa shape index (κ3) is 5.69. The predicted molar refractivity (Wildman–Crippen MR) is 152 cm³/mol. The molecule has 2 aromatic heterocycles. The molecule has 0 unspecified atom stereocenters. The zero-order chi connectivity index (χ0) is 29.5. The summed E-state index contributed by atoms with van der Waals surface area (Å²) in [5.41, 5.74) is 5.57. The van der Waals surface area contributed by atoms with Gasteiger partial charge in [-0.15, -0.1) is 0 Å².